The third kappa shape index (κ3) is 4.03. The molecule has 0 unspecified atom stereocenters. The van der Waals surface area contributed by atoms with Crippen LogP contribution in [-0.4, -0.2) is 40.8 Å². The maximum Gasteiger partial charge on any atom is 0.257 e. The minimum Gasteiger partial charge on any atom is -0.493 e. The molecule has 1 rings (SSSR count). The minimum atomic E-state index is -0.219. The number of carbonyl (C=O) groups is 1. The molecule has 0 aliphatic carbocycles. The molecule has 0 spiro atoms. The van der Waals surface area contributed by atoms with E-state index < -0.39 is 0 Å². The molecule has 0 saturated carbocycles. The van der Waals surface area contributed by atoms with E-state index in [1.54, 1.807) is 21.3 Å². The number of hydrogen-bond donors (Lipinski definition) is 2. The first-order valence-electron chi connectivity index (χ1n) is 5.89. The normalized spacial score (nSPS) is 9.89. The van der Waals surface area contributed by atoms with Crippen molar-refractivity contribution in [3.05, 3.63) is 17.7 Å². The Labute approximate surface area is 113 Å². The van der Waals surface area contributed by atoms with Crippen molar-refractivity contribution in [1.29, 1.82) is 0 Å². The standard InChI is InChI=1S/C13H20N2O4/c1-14-7-9-5-10(17-3)13(11(6-9)18-4)19-8-12(16)15-2/h5-6,14H,7-8H2,1-4H3,(H,15,16). The second-order valence-electron chi connectivity index (χ2n) is 3.82. The summed E-state index contributed by atoms with van der Waals surface area (Å²) in [5.41, 5.74) is 1.00. The lowest BCUT2D eigenvalue weighted by molar-refractivity contribution is -0.122. The summed E-state index contributed by atoms with van der Waals surface area (Å²) >= 11 is 0. The predicted molar refractivity (Wildman–Crippen MR) is 71.9 cm³/mol. The molecule has 0 heterocycles. The molecular formula is C13H20N2O4. The van der Waals surface area contributed by atoms with Crippen molar-refractivity contribution < 1.29 is 19.0 Å². The van der Waals surface area contributed by atoms with Crippen LogP contribution < -0.4 is 24.8 Å². The third-order valence-electron chi connectivity index (χ3n) is 2.53. The molecule has 1 aromatic carbocycles. The number of ether oxygens (including phenoxy) is 3. The molecule has 0 fully saturated rings. The zero-order valence-electron chi connectivity index (χ0n) is 11.7. The van der Waals surface area contributed by atoms with Crippen LogP contribution in [0.3, 0.4) is 0 Å². The van der Waals surface area contributed by atoms with Gasteiger partial charge in [-0.3, -0.25) is 4.79 Å². The molecule has 6 nitrogen and oxygen atoms in total. The first kappa shape index (κ1) is 15.1. The van der Waals surface area contributed by atoms with Crippen LogP contribution in [0.1, 0.15) is 5.56 Å². The second kappa shape index (κ2) is 7.48. The van der Waals surface area contributed by atoms with Gasteiger partial charge in [0.2, 0.25) is 5.75 Å². The largest absolute Gasteiger partial charge is 0.493 e. The summed E-state index contributed by atoms with van der Waals surface area (Å²) in [6.45, 7) is 0.594. The van der Waals surface area contributed by atoms with Gasteiger partial charge in [0.25, 0.3) is 5.91 Å². The summed E-state index contributed by atoms with van der Waals surface area (Å²) in [7, 11) is 6.50. The molecular weight excluding hydrogens is 248 g/mol. The van der Waals surface area contributed by atoms with E-state index in [1.165, 1.54) is 0 Å². The Kier molecular flexibility index (Phi) is 5.95. The van der Waals surface area contributed by atoms with Gasteiger partial charge in [0.15, 0.2) is 18.1 Å². The minimum absolute atomic E-state index is 0.0887. The first-order chi connectivity index (χ1) is 9.15. The van der Waals surface area contributed by atoms with Crippen molar-refractivity contribution in [2.24, 2.45) is 0 Å². The highest BCUT2D eigenvalue weighted by Crippen LogP contribution is 2.38. The fourth-order valence-corrected chi connectivity index (χ4v) is 1.59. The molecule has 2 N–H and O–H groups in total. The van der Waals surface area contributed by atoms with E-state index >= 15 is 0 Å². The zero-order valence-corrected chi connectivity index (χ0v) is 11.7. The van der Waals surface area contributed by atoms with Gasteiger partial charge in [0, 0.05) is 13.6 Å². The molecule has 6 heteroatoms. The van der Waals surface area contributed by atoms with E-state index in [0.29, 0.717) is 23.8 Å². The Morgan fingerprint density at radius 3 is 2.16 bits per heavy atom. The number of likely N-dealkylation sites (N-methyl/N-ethyl adjacent to an activating group) is 1. The van der Waals surface area contributed by atoms with Gasteiger partial charge in [-0.25, -0.2) is 0 Å². The van der Waals surface area contributed by atoms with Crippen molar-refractivity contribution in [3.8, 4) is 17.2 Å². The Hall–Kier alpha value is -1.95. The lowest BCUT2D eigenvalue weighted by Crippen LogP contribution is -2.25. The summed E-state index contributed by atoms with van der Waals surface area (Å²) in [4.78, 5) is 11.2. The van der Waals surface area contributed by atoms with Gasteiger partial charge in [-0.05, 0) is 24.7 Å². The number of nitrogens with one attached hydrogen (secondary N) is 2. The molecule has 0 radical (unpaired) electrons. The smallest absolute Gasteiger partial charge is 0.257 e. The Bertz CT molecular complexity index is 410. The first-order valence-corrected chi connectivity index (χ1v) is 5.89. The average molecular weight is 268 g/mol. The highest BCUT2D eigenvalue weighted by molar-refractivity contribution is 5.77. The monoisotopic (exact) mass is 268 g/mol. The molecule has 106 valence electrons. The molecule has 0 saturated heterocycles. The summed E-state index contributed by atoms with van der Waals surface area (Å²) in [6.07, 6.45) is 0. The average Bonchev–Trinajstić information content (AvgIpc) is 2.44. The molecule has 19 heavy (non-hydrogen) atoms. The van der Waals surface area contributed by atoms with Gasteiger partial charge < -0.3 is 24.8 Å². The van der Waals surface area contributed by atoms with E-state index in [-0.39, 0.29) is 12.5 Å². The number of carbonyl (C=O) groups excluding carboxylic acids is 1. The Morgan fingerprint density at radius 1 is 1.16 bits per heavy atom. The second-order valence-corrected chi connectivity index (χ2v) is 3.82. The molecule has 0 aliphatic rings. The fraction of sp³-hybridized carbons (Fsp3) is 0.462. The van der Waals surface area contributed by atoms with Crippen LogP contribution in [-0.2, 0) is 11.3 Å². The predicted octanol–water partition coefficient (Wildman–Crippen LogP) is 0.548. The van der Waals surface area contributed by atoms with Crippen LogP contribution in [0, 0.1) is 0 Å². The summed E-state index contributed by atoms with van der Waals surface area (Å²) in [6, 6.07) is 3.69. The van der Waals surface area contributed by atoms with Crippen molar-refractivity contribution >= 4 is 5.91 Å². The van der Waals surface area contributed by atoms with Crippen LogP contribution in [0.2, 0.25) is 0 Å². The van der Waals surface area contributed by atoms with Crippen molar-refractivity contribution in [3.63, 3.8) is 0 Å². The van der Waals surface area contributed by atoms with Crippen LogP contribution in [0.25, 0.3) is 0 Å². The number of methoxy groups -OCH3 is 2. The van der Waals surface area contributed by atoms with Crippen molar-refractivity contribution in [2.45, 2.75) is 6.54 Å². The van der Waals surface area contributed by atoms with E-state index in [0.717, 1.165) is 5.56 Å². The molecule has 0 bridgehead atoms. The van der Waals surface area contributed by atoms with Gasteiger partial charge in [0.1, 0.15) is 0 Å². The van der Waals surface area contributed by atoms with Gasteiger partial charge >= 0.3 is 0 Å². The quantitative estimate of drug-likeness (QED) is 0.756. The van der Waals surface area contributed by atoms with Crippen LogP contribution in [0.4, 0.5) is 0 Å². The van der Waals surface area contributed by atoms with E-state index in [2.05, 4.69) is 10.6 Å². The maximum atomic E-state index is 11.2. The molecule has 1 aromatic rings. The van der Waals surface area contributed by atoms with Crippen molar-refractivity contribution in [2.75, 3.05) is 34.9 Å². The van der Waals surface area contributed by atoms with Crippen LogP contribution in [0.15, 0.2) is 12.1 Å². The fourth-order valence-electron chi connectivity index (χ4n) is 1.59. The SMILES string of the molecule is CNCc1cc(OC)c(OCC(=O)NC)c(OC)c1. The molecule has 0 aliphatic heterocycles. The number of benzene rings is 1. The van der Waals surface area contributed by atoms with Gasteiger partial charge in [-0.2, -0.15) is 0 Å². The number of amides is 1. The van der Waals surface area contributed by atoms with Gasteiger partial charge in [0.05, 0.1) is 14.2 Å². The van der Waals surface area contributed by atoms with E-state index in [4.69, 9.17) is 14.2 Å². The van der Waals surface area contributed by atoms with Crippen molar-refractivity contribution in [1.82, 2.24) is 10.6 Å². The summed E-state index contributed by atoms with van der Waals surface area (Å²) < 4.78 is 16.0. The lowest BCUT2D eigenvalue weighted by atomic mass is 10.2. The van der Waals surface area contributed by atoms with E-state index in [9.17, 15) is 4.79 Å². The lowest BCUT2D eigenvalue weighted by Gasteiger charge is -2.15. The molecule has 0 atom stereocenters. The summed E-state index contributed by atoms with van der Waals surface area (Å²) in [5.74, 6) is 1.28. The Morgan fingerprint density at radius 2 is 1.74 bits per heavy atom. The van der Waals surface area contributed by atoms with Crippen LogP contribution in [0.5, 0.6) is 17.2 Å². The molecule has 0 aromatic heterocycles. The molecule has 1 amide bonds. The Balaban J connectivity index is 3.02. The van der Waals surface area contributed by atoms with E-state index in [1.807, 2.05) is 19.2 Å². The summed E-state index contributed by atoms with van der Waals surface area (Å²) in [5, 5.41) is 5.54. The number of hydrogen-bond acceptors (Lipinski definition) is 5. The topological polar surface area (TPSA) is 68.8 Å². The third-order valence-corrected chi connectivity index (χ3v) is 2.53. The van der Waals surface area contributed by atoms with Gasteiger partial charge in [-0.1, -0.05) is 0 Å². The highest BCUT2D eigenvalue weighted by atomic mass is 16.5. The number of rotatable bonds is 7. The zero-order chi connectivity index (χ0) is 14.3. The van der Waals surface area contributed by atoms with Gasteiger partial charge in [-0.15, -0.1) is 0 Å². The van der Waals surface area contributed by atoms with Crippen LogP contribution >= 0.6 is 0 Å². The highest BCUT2D eigenvalue weighted by Gasteiger charge is 2.15. The maximum absolute atomic E-state index is 11.2.